The number of aryl methyl sites for hydroxylation is 1. The number of rotatable bonds is 5. The van der Waals surface area contributed by atoms with Crippen molar-refractivity contribution in [1.29, 1.82) is 0 Å². The van der Waals surface area contributed by atoms with E-state index in [1.54, 1.807) is 6.92 Å². The van der Waals surface area contributed by atoms with Gasteiger partial charge in [0, 0.05) is 24.3 Å². The van der Waals surface area contributed by atoms with Gasteiger partial charge in [0.05, 0.1) is 5.56 Å². The molecule has 7 heteroatoms. The summed E-state index contributed by atoms with van der Waals surface area (Å²) in [5, 5.41) is 0. The monoisotopic (exact) mass is 363 g/mol. The lowest BCUT2D eigenvalue weighted by molar-refractivity contribution is 0.160. The number of H-pyrrole nitrogens is 2. The Kier molecular flexibility index (Phi) is 5.66. The van der Waals surface area contributed by atoms with Crippen LogP contribution in [0.3, 0.4) is 0 Å². The number of hydrogen-bond acceptors (Lipinski definition) is 3. The van der Waals surface area contributed by atoms with Gasteiger partial charge in [-0.25, -0.2) is 13.6 Å². The molecule has 1 saturated heterocycles. The van der Waals surface area contributed by atoms with Crippen LogP contribution in [0.2, 0.25) is 0 Å². The molecule has 0 amide bonds. The molecule has 2 aromatic rings. The molecule has 1 aliphatic heterocycles. The van der Waals surface area contributed by atoms with E-state index in [4.69, 9.17) is 0 Å². The maximum Gasteiger partial charge on any atom is 0.325 e. The summed E-state index contributed by atoms with van der Waals surface area (Å²) < 4.78 is 27.5. The Morgan fingerprint density at radius 2 is 1.88 bits per heavy atom. The highest BCUT2D eigenvalue weighted by atomic mass is 19.1. The molecule has 0 saturated carbocycles. The second-order valence-corrected chi connectivity index (χ2v) is 6.99. The first-order chi connectivity index (χ1) is 12.4. The molecular weight excluding hydrogens is 340 g/mol. The maximum atomic E-state index is 13.8. The quantitative estimate of drug-likeness (QED) is 0.858. The van der Waals surface area contributed by atoms with Crippen molar-refractivity contribution >= 4 is 0 Å². The average Bonchev–Trinajstić information content (AvgIpc) is 2.58. The number of nitrogens with one attached hydrogen (secondary N) is 2. The zero-order valence-electron chi connectivity index (χ0n) is 14.8. The highest BCUT2D eigenvalue weighted by Gasteiger charge is 2.22. The molecule has 140 valence electrons. The number of hydrogen-bond donors (Lipinski definition) is 2. The van der Waals surface area contributed by atoms with Crippen molar-refractivity contribution in [2.45, 2.75) is 39.2 Å². The van der Waals surface area contributed by atoms with Crippen molar-refractivity contribution in [3.05, 3.63) is 67.5 Å². The second-order valence-electron chi connectivity index (χ2n) is 6.99. The molecule has 1 aromatic heterocycles. The van der Waals surface area contributed by atoms with Crippen LogP contribution in [0.1, 0.15) is 36.1 Å². The molecule has 1 aliphatic rings. The van der Waals surface area contributed by atoms with E-state index >= 15 is 0 Å². The van der Waals surface area contributed by atoms with Crippen molar-refractivity contribution < 1.29 is 8.78 Å². The van der Waals surface area contributed by atoms with Crippen molar-refractivity contribution in [1.82, 2.24) is 14.9 Å². The van der Waals surface area contributed by atoms with Crippen LogP contribution >= 0.6 is 0 Å². The van der Waals surface area contributed by atoms with Crippen LogP contribution in [0.25, 0.3) is 0 Å². The number of piperidine rings is 1. The minimum Gasteiger partial charge on any atom is -0.311 e. The first kappa shape index (κ1) is 18.5. The van der Waals surface area contributed by atoms with E-state index in [0.717, 1.165) is 25.9 Å². The van der Waals surface area contributed by atoms with Gasteiger partial charge < -0.3 is 4.98 Å². The molecule has 2 N–H and O–H groups in total. The number of halogens is 2. The molecule has 1 atom stereocenters. The van der Waals surface area contributed by atoms with E-state index in [0.29, 0.717) is 36.6 Å². The fourth-order valence-corrected chi connectivity index (χ4v) is 3.69. The van der Waals surface area contributed by atoms with Gasteiger partial charge in [-0.3, -0.25) is 14.7 Å². The Balaban J connectivity index is 1.63. The Labute approximate surface area is 150 Å². The lowest BCUT2D eigenvalue weighted by Gasteiger charge is -2.32. The van der Waals surface area contributed by atoms with E-state index in [-0.39, 0.29) is 11.1 Å². The minimum atomic E-state index is -0.500. The van der Waals surface area contributed by atoms with Gasteiger partial charge in [0.15, 0.2) is 0 Å². The Morgan fingerprint density at radius 1 is 1.15 bits per heavy atom. The molecular formula is C19H23F2N3O2. The third-order valence-corrected chi connectivity index (χ3v) is 5.10. The zero-order chi connectivity index (χ0) is 18.7. The summed E-state index contributed by atoms with van der Waals surface area (Å²) in [5.74, 6) is -0.661. The topological polar surface area (TPSA) is 69.0 Å². The van der Waals surface area contributed by atoms with Crippen LogP contribution in [0.4, 0.5) is 8.78 Å². The minimum absolute atomic E-state index is 0.151. The third-order valence-electron chi connectivity index (χ3n) is 5.10. The summed E-state index contributed by atoms with van der Waals surface area (Å²) in [5.41, 5.74) is 0.429. The van der Waals surface area contributed by atoms with Gasteiger partial charge >= 0.3 is 5.69 Å². The average molecular weight is 363 g/mol. The summed E-state index contributed by atoms with van der Waals surface area (Å²) in [6.07, 6.45) is 3.06. The summed E-state index contributed by atoms with van der Waals surface area (Å²) >= 11 is 0. The van der Waals surface area contributed by atoms with Gasteiger partial charge in [0.2, 0.25) is 0 Å². The highest BCUT2D eigenvalue weighted by molar-refractivity contribution is 5.20. The highest BCUT2D eigenvalue weighted by Crippen LogP contribution is 2.24. The van der Waals surface area contributed by atoms with Gasteiger partial charge in [-0.2, -0.15) is 0 Å². The molecule has 26 heavy (non-hydrogen) atoms. The smallest absolute Gasteiger partial charge is 0.311 e. The Morgan fingerprint density at radius 3 is 2.58 bits per heavy atom. The molecule has 0 aliphatic carbocycles. The van der Waals surface area contributed by atoms with Crippen LogP contribution in [0.15, 0.2) is 27.8 Å². The number of aromatic amines is 2. The summed E-state index contributed by atoms with van der Waals surface area (Å²) in [7, 11) is 0. The molecule has 0 radical (unpaired) electrons. The number of likely N-dealkylation sites (tertiary alicyclic amines) is 1. The van der Waals surface area contributed by atoms with Crippen LogP contribution in [0.5, 0.6) is 0 Å². The molecule has 0 unspecified atom stereocenters. The number of aromatic nitrogens is 2. The fraction of sp³-hybridized carbons (Fsp3) is 0.474. The first-order valence-corrected chi connectivity index (χ1v) is 8.91. The molecule has 1 aromatic carbocycles. The first-order valence-electron chi connectivity index (χ1n) is 8.91. The third kappa shape index (κ3) is 4.27. The Hall–Kier alpha value is -2.28. The van der Waals surface area contributed by atoms with Gasteiger partial charge in [0.1, 0.15) is 11.6 Å². The fourth-order valence-electron chi connectivity index (χ4n) is 3.69. The molecule has 0 bridgehead atoms. The maximum absolute atomic E-state index is 13.8. The van der Waals surface area contributed by atoms with Crippen LogP contribution in [-0.4, -0.2) is 28.0 Å². The Bertz CT molecular complexity index is 871. The largest absolute Gasteiger partial charge is 0.325 e. The van der Waals surface area contributed by atoms with Gasteiger partial charge in [-0.05, 0) is 57.2 Å². The van der Waals surface area contributed by atoms with Crippen LogP contribution in [0, 0.1) is 24.5 Å². The van der Waals surface area contributed by atoms with Crippen LogP contribution < -0.4 is 11.2 Å². The van der Waals surface area contributed by atoms with E-state index in [1.165, 1.54) is 18.2 Å². The SMILES string of the molecule is Cc1[nH]c(=O)[nH]c(=O)c1CN1CCC[C@@H](CCc2c(F)cccc2F)C1. The summed E-state index contributed by atoms with van der Waals surface area (Å²) in [6.45, 7) is 3.81. The molecule has 1 fully saturated rings. The predicted molar refractivity (Wildman–Crippen MR) is 95.1 cm³/mol. The normalized spacial score (nSPS) is 18.2. The van der Waals surface area contributed by atoms with Crippen molar-refractivity contribution in [3.8, 4) is 0 Å². The van der Waals surface area contributed by atoms with E-state index in [2.05, 4.69) is 14.9 Å². The standard InChI is InChI=1S/C19H23F2N3O2/c1-12-15(18(25)23-19(26)22-12)11-24-9-3-4-13(10-24)7-8-14-16(20)5-2-6-17(14)21/h2,5-6,13H,3-4,7-11H2,1H3,(H2,22,23,25,26)/t13-/m0/s1. The van der Waals surface area contributed by atoms with Gasteiger partial charge in [-0.1, -0.05) is 6.07 Å². The number of nitrogens with zero attached hydrogens (tertiary/aromatic N) is 1. The lowest BCUT2D eigenvalue weighted by atomic mass is 9.91. The van der Waals surface area contributed by atoms with E-state index < -0.39 is 17.3 Å². The predicted octanol–water partition coefficient (Wildman–Crippen LogP) is 2.49. The van der Waals surface area contributed by atoms with Crippen LogP contribution in [-0.2, 0) is 13.0 Å². The summed E-state index contributed by atoms with van der Waals surface area (Å²) in [4.78, 5) is 30.4. The van der Waals surface area contributed by atoms with E-state index in [1.807, 2.05) is 0 Å². The van der Waals surface area contributed by atoms with Gasteiger partial charge in [0.25, 0.3) is 5.56 Å². The van der Waals surface area contributed by atoms with Crippen molar-refractivity contribution in [2.24, 2.45) is 5.92 Å². The number of benzene rings is 1. The van der Waals surface area contributed by atoms with E-state index in [9.17, 15) is 18.4 Å². The summed E-state index contributed by atoms with van der Waals surface area (Å²) in [6, 6.07) is 3.95. The molecule has 3 rings (SSSR count). The van der Waals surface area contributed by atoms with Crippen molar-refractivity contribution in [3.63, 3.8) is 0 Å². The van der Waals surface area contributed by atoms with Gasteiger partial charge in [-0.15, -0.1) is 0 Å². The lowest BCUT2D eigenvalue weighted by Crippen LogP contribution is -2.38. The second kappa shape index (κ2) is 7.95. The molecule has 5 nitrogen and oxygen atoms in total. The molecule has 2 heterocycles. The van der Waals surface area contributed by atoms with Crippen molar-refractivity contribution in [2.75, 3.05) is 13.1 Å². The zero-order valence-corrected chi connectivity index (χ0v) is 14.8. The molecule has 0 spiro atoms.